The molecule has 0 aliphatic rings. The molecule has 108 valence electrons. The van der Waals surface area contributed by atoms with E-state index in [4.69, 9.17) is 10.5 Å². The summed E-state index contributed by atoms with van der Waals surface area (Å²) in [5, 5.41) is 3.68. The first-order valence-corrected chi connectivity index (χ1v) is 6.59. The Hall–Kier alpha value is -2.82. The van der Waals surface area contributed by atoms with Crippen LogP contribution in [0.4, 0.5) is 4.79 Å². The van der Waals surface area contributed by atoms with E-state index in [-0.39, 0.29) is 0 Å². The molecular weight excluding hydrogens is 266 g/mol. The maximum atomic E-state index is 10.5. The lowest BCUT2D eigenvalue weighted by Gasteiger charge is -2.06. The molecular formula is C16H17N3O2. The largest absolute Gasteiger partial charge is 0.493 e. The van der Waals surface area contributed by atoms with Crippen molar-refractivity contribution < 1.29 is 9.53 Å². The van der Waals surface area contributed by atoms with Crippen molar-refractivity contribution in [2.75, 3.05) is 6.61 Å². The topological polar surface area (TPSA) is 76.7 Å². The summed E-state index contributed by atoms with van der Waals surface area (Å²) < 4.78 is 5.67. The Morgan fingerprint density at radius 2 is 1.86 bits per heavy atom. The second-order valence-electron chi connectivity index (χ2n) is 4.39. The van der Waals surface area contributed by atoms with Crippen LogP contribution in [0.2, 0.25) is 0 Å². The molecule has 0 spiro atoms. The van der Waals surface area contributed by atoms with E-state index in [2.05, 4.69) is 22.7 Å². The van der Waals surface area contributed by atoms with Crippen LogP contribution in [-0.4, -0.2) is 18.9 Å². The Balaban J connectivity index is 1.79. The van der Waals surface area contributed by atoms with Gasteiger partial charge >= 0.3 is 6.03 Å². The fraction of sp³-hybridized carbons (Fsp3) is 0.125. The van der Waals surface area contributed by atoms with E-state index >= 15 is 0 Å². The van der Waals surface area contributed by atoms with Crippen molar-refractivity contribution in [1.29, 1.82) is 0 Å². The standard InChI is InChI=1S/C16H17N3O2/c17-16(20)19-18-12-14-6-8-15(9-7-14)21-11-10-13-4-2-1-3-5-13/h1-9,12H,10-11H2,(H3,17,19,20). The lowest BCUT2D eigenvalue weighted by atomic mass is 10.2. The first-order valence-electron chi connectivity index (χ1n) is 6.59. The molecule has 0 aliphatic carbocycles. The van der Waals surface area contributed by atoms with E-state index in [1.807, 2.05) is 42.5 Å². The highest BCUT2D eigenvalue weighted by Crippen LogP contribution is 2.11. The van der Waals surface area contributed by atoms with Crippen LogP contribution in [0, 0.1) is 0 Å². The third kappa shape index (κ3) is 5.36. The van der Waals surface area contributed by atoms with Gasteiger partial charge in [0.05, 0.1) is 12.8 Å². The van der Waals surface area contributed by atoms with Crippen LogP contribution in [0.25, 0.3) is 0 Å². The molecule has 2 rings (SSSR count). The zero-order valence-electron chi connectivity index (χ0n) is 11.5. The van der Waals surface area contributed by atoms with Crippen molar-refractivity contribution in [2.24, 2.45) is 10.8 Å². The molecule has 21 heavy (non-hydrogen) atoms. The molecule has 0 fully saturated rings. The average molecular weight is 283 g/mol. The van der Waals surface area contributed by atoms with Crippen molar-refractivity contribution in [3.05, 3.63) is 65.7 Å². The predicted molar refractivity (Wildman–Crippen MR) is 82.4 cm³/mol. The molecule has 2 amide bonds. The summed E-state index contributed by atoms with van der Waals surface area (Å²) in [4.78, 5) is 10.5. The highest BCUT2D eigenvalue weighted by molar-refractivity contribution is 5.81. The lowest BCUT2D eigenvalue weighted by Crippen LogP contribution is -2.24. The number of ether oxygens (including phenoxy) is 1. The van der Waals surface area contributed by atoms with Crippen LogP contribution in [0.3, 0.4) is 0 Å². The van der Waals surface area contributed by atoms with Gasteiger partial charge in [0.2, 0.25) is 0 Å². The molecule has 0 aromatic heterocycles. The van der Waals surface area contributed by atoms with Crippen LogP contribution >= 0.6 is 0 Å². The number of urea groups is 1. The Kier molecular flexibility index (Phi) is 5.34. The zero-order valence-corrected chi connectivity index (χ0v) is 11.5. The van der Waals surface area contributed by atoms with Crippen LogP contribution in [-0.2, 0) is 6.42 Å². The van der Waals surface area contributed by atoms with E-state index in [0.717, 1.165) is 17.7 Å². The number of primary amides is 1. The Morgan fingerprint density at radius 3 is 2.52 bits per heavy atom. The first kappa shape index (κ1) is 14.6. The number of carbonyl (C=O) groups is 1. The summed E-state index contributed by atoms with van der Waals surface area (Å²) in [7, 11) is 0. The molecule has 3 N–H and O–H groups in total. The zero-order chi connectivity index (χ0) is 14.9. The molecule has 5 nitrogen and oxygen atoms in total. The minimum Gasteiger partial charge on any atom is -0.493 e. The van der Waals surface area contributed by atoms with Crippen molar-refractivity contribution >= 4 is 12.2 Å². The van der Waals surface area contributed by atoms with E-state index < -0.39 is 6.03 Å². The molecule has 0 radical (unpaired) electrons. The average Bonchev–Trinajstić information content (AvgIpc) is 2.50. The van der Waals surface area contributed by atoms with Gasteiger partial charge in [0.25, 0.3) is 0 Å². The van der Waals surface area contributed by atoms with Crippen molar-refractivity contribution in [3.8, 4) is 5.75 Å². The van der Waals surface area contributed by atoms with Gasteiger partial charge < -0.3 is 10.5 Å². The van der Waals surface area contributed by atoms with Crippen molar-refractivity contribution in [3.63, 3.8) is 0 Å². The fourth-order valence-corrected chi connectivity index (χ4v) is 1.75. The van der Waals surface area contributed by atoms with Crippen LogP contribution < -0.4 is 15.9 Å². The monoisotopic (exact) mass is 283 g/mol. The predicted octanol–water partition coefficient (Wildman–Crippen LogP) is 2.31. The van der Waals surface area contributed by atoms with Gasteiger partial charge in [-0.1, -0.05) is 30.3 Å². The Morgan fingerprint density at radius 1 is 1.14 bits per heavy atom. The van der Waals surface area contributed by atoms with E-state index in [1.165, 1.54) is 11.8 Å². The van der Waals surface area contributed by atoms with Crippen molar-refractivity contribution in [1.82, 2.24) is 5.43 Å². The molecule has 2 aromatic carbocycles. The third-order valence-electron chi connectivity index (χ3n) is 2.77. The molecule has 0 bridgehead atoms. The molecule has 5 heteroatoms. The SMILES string of the molecule is NC(=O)NN=Cc1ccc(OCCc2ccccc2)cc1. The molecule has 0 saturated carbocycles. The third-order valence-corrected chi connectivity index (χ3v) is 2.77. The Labute approximate surface area is 123 Å². The minimum absolute atomic E-state index is 0.626. The van der Waals surface area contributed by atoms with Gasteiger partial charge in [0, 0.05) is 6.42 Å². The number of hydrogen-bond donors (Lipinski definition) is 2. The smallest absolute Gasteiger partial charge is 0.332 e. The highest BCUT2D eigenvalue weighted by Gasteiger charge is 1.96. The number of hydrazone groups is 1. The highest BCUT2D eigenvalue weighted by atomic mass is 16.5. The quantitative estimate of drug-likeness (QED) is 0.630. The van der Waals surface area contributed by atoms with Gasteiger partial charge in [0.1, 0.15) is 5.75 Å². The van der Waals surface area contributed by atoms with Gasteiger partial charge in [-0.25, -0.2) is 10.2 Å². The summed E-state index contributed by atoms with van der Waals surface area (Å²) in [6.45, 7) is 0.626. The van der Waals surface area contributed by atoms with Gasteiger partial charge in [-0.2, -0.15) is 5.10 Å². The summed E-state index contributed by atoms with van der Waals surface area (Å²) >= 11 is 0. The summed E-state index contributed by atoms with van der Waals surface area (Å²) in [5.41, 5.74) is 9.13. The molecule has 0 aliphatic heterocycles. The number of hydrogen-bond acceptors (Lipinski definition) is 3. The molecule has 0 unspecified atom stereocenters. The van der Waals surface area contributed by atoms with Gasteiger partial charge in [-0.15, -0.1) is 0 Å². The molecule has 0 saturated heterocycles. The second-order valence-corrected chi connectivity index (χ2v) is 4.39. The number of nitrogens with one attached hydrogen (secondary N) is 1. The van der Waals surface area contributed by atoms with Crippen molar-refractivity contribution in [2.45, 2.75) is 6.42 Å². The maximum Gasteiger partial charge on any atom is 0.332 e. The molecule has 0 heterocycles. The van der Waals surface area contributed by atoms with Gasteiger partial charge in [0.15, 0.2) is 0 Å². The first-order chi connectivity index (χ1) is 10.2. The van der Waals surface area contributed by atoms with E-state index in [1.54, 1.807) is 0 Å². The number of rotatable bonds is 6. The van der Waals surface area contributed by atoms with Gasteiger partial charge in [-0.3, -0.25) is 0 Å². The van der Waals surface area contributed by atoms with Crippen LogP contribution in [0.15, 0.2) is 59.7 Å². The lowest BCUT2D eigenvalue weighted by molar-refractivity contribution is 0.249. The van der Waals surface area contributed by atoms with E-state index in [9.17, 15) is 4.79 Å². The number of amides is 2. The summed E-state index contributed by atoms with van der Waals surface area (Å²) in [5.74, 6) is 0.797. The maximum absolute atomic E-state index is 10.5. The minimum atomic E-state index is -0.688. The number of carbonyl (C=O) groups excluding carboxylic acids is 1. The van der Waals surface area contributed by atoms with Crippen LogP contribution in [0.1, 0.15) is 11.1 Å². The van der Waals surface area contributed by atoms with Crippen LogP contribution in [0.5, 0.6) is 5.75 Å². The van der Waals surface area contributed by atoms with Gasteiger partial charge in [-0.05, 0) is 35.4 Å². The summed E-state index contributed by atoms with van der Waals surface area (Å²) in [6, 6.07) is 16.9. The normalized spacial score (nSPS) is 10.5. The number of nitrogens with zero attached hydrogens (tertiary/aromatic N) is 1. The Bertz CT molecular complexity index is 595. The second kappa shape index (κ2) is 7.69. The van der Waals surface area contributed by atoms with E-state index in [0.29, 0.717) is 6.61 Å². The fourth-order valence-electron chi connectivity index (χ4n) is 1.75. The number of benzene rings is 2. The summed E-state index contributed by atoms with van der Waals surface area (Å²) in [6.07, 6.45) is 2.38. The molecule has 0 atom stereocenters. The number of nitrogens with two attached hydrogens (primary N) is 1. The molecule has 2 aromatic rings.